The van der Waals surface area contributed by atoms with Crippen LogP contribution in [0, 0.1) is 12.8 Å². The molecular weight excluding hydrogens is 406 g/mol. The Labute approximate surface area is 166 Å². The molecule has 0 saturated carbocycles. The quantitative estimate of drug-likeness (QED) is 0.692. The lowest BCUT2D eigenvalue weighted by atomic mass is 9.89. The zero-order valence-electron chi connectivity index (χ0n) is 15.0. The molecule has 2 aromatic carbocycles. The van der Waals surface area contributed by atoms with Gasteiger partial charge in [-0.1, -0.05) is 51.8 Å². The highest BCUT2D eigenvalue weighted by Gasteiger charge is 2.62. The average molecular weight is 426 g/mol. The molecular formula is C21H20BrN3O2. The third-order valence-electron chi connectivity index (χ3n) is 5.89. The van der Waals surface area contributed by atoms with E-state index in [4.69, 9.17) is 0 Å². The van der Waals surface area contributed by atoms with Crippen molar-refractivity contribution in [3.8, 4) is 0 Å². The molecule has 3 aliphatic heterocycles. The van der Waals surface area contributed by atoms with Crippen molar-refractivity contribution in [3.05, 3.63) is 64.1 Å². The second kappa shape index (κ2) is 6.26. The summed E-state index contributed by atoms with van der Waals surface area (Å²) in [6, 6.07) is 15.3. The summed E-state index contributed by atoms with van der Waals surface area (Å²) in [6.07, 6.45) is 1.02. The van der Waals surface area contributed by atoms with Gasteiger partial charge in [-0.2, -0.15) is 0 Å². The van der Waals surface area contributed by atoms with Gasteiger partial charge in [0.1, 0.15) is 6.04 Å². The van der Waals surface area contributed by atoms with E-state index in [0.717, 1.165) is 29.5 Å². The van der Waals surface area contributed by atoms with Gasteiger partial charge in [0.05, 0.1) is 17.6 Å². The number of imide groups is 1. The molecule has 27 heavy (non-hydrogen) atoms. The van der Waals surface area contributed by atoms with Crippen molar-refractivity contribution in [2.24, 2.45) is 5.92 Å². The van der Waals surface area contributed by atoms with E-state index in [9.17, 15) is 9.59 Å². The summed E-state index contributed by atoms with van der Waals surface area (Å²) in [5.74, 6) is -0.563. The van der Waals surface area contributed by atoms with Crippen LogP contribution in [0.25, 0.3) is 0 Å². The Hall–Kier alpha value is -2.02. The number of hydrogen-bond acceptors (Lipinski definition) is 4. The Bertz CT molecular complexity index is 929. The van der Waals surface area contributed by atoms with Gasteiger partial charge in [-0.3, -0.25) is 9.59 Å². The molecule has 3 saturated heterocycles. The van der Waals surface area contributed by atoms with Gasteiger partial charge in [0, 0.05) is 17.6 Å². The number of carbonyl (C=O) groups excluding carboxylic acids is 2. The number of halogens is 1. The minimum Gasteiger partial charge on any atom is -0.274 e. The Kier molecular flexibility index (Phi) is 3.96. The van der Waals surface area contributed by atoms with Crippen LogP contribution in [0.5, 0.6) is 0 Å². The van der Waals surface area contributed by atoms with E-state index in [1.165, 1.54) is 10.5 Å². The number of aryl methyl sites for hydroxylation is 1. The van der Waals surface area contributed by atoms with Crippen LogP contribution in [-0.2, 0) is 9.59 Å². The highest BCUT2D eigenvalue weighted by molar-refractivity contribution is 9.10. The standard InChI is InChI=1S/C21H20BrN3O2/c1-13-6-8-14(9-7-13)18-17-19(24-11-3-10-23(18)24)21(27)25(20(17)26)16-5-2-4-15(22)12-16/h2,4-9,12,17-19H,3,10-11H2,1H3/t17-,18-,19+/m1/s1. The molecule has 3 aliphatic rings. The van der Waals surface area contributed by atoms with Crippen LogP contribution in [0.1, 0.15) is 23.6 Å². The molecule has 0 spiro atoms. The maximum absolute atomic E-state index is 13.4. The number of amides is 2. The number of anilines is 1. The first-order valence-corrected chi connectivity index (χ1v) is 10.1. The molecule has 2 aromatic rings. The minimum atomic E-state index is -0.398. The van der Waals surface area contributed by atoms with Gasteiger partial charge in [0.25, 0.3) is 5.91 Å². The minimum absolute atomic E-state index is 0.0771. The Morgan fingerprint density at radius 3 is 2.33 bits per heavy atom. The second-order valence-electron chi connectivity index (χ2n) is 7.50. The van der Waals surface area contributed by atoms with E-state index >= 15 is 0 Å². The van der Waals surface area contributed by atoms with Crippen LogP contribution in [0.2, 0.25) is 0 Å². The SMILES string of the molecule is Cc1ccc([C@@H]2[C@H]3C(=O)N(c4cccc(Br)c4)C(=O)[C@H]3N3CCCN23)cc1. The third-order valence-corrected chi connectivity index (χ3v) is 6.38. The molecule has 5 nitrogen and oxygen atoms in total. The lowest BCUT2D eigenvalue weighted by Crippen LogP contribution is -2.44. The van der Waals surface area contributed by atoms with Gasteiger partial charge in [0.2, 0.25) is 5.91 Å². The van der Waals surface area contributed by atoms with Crippen molar-refractivity contribution in [1.82, 2.24) is 10.0 Å². The van der Waals surface area contributed by atoms with E-state index in [2.05, 4.69) is 57.1 Å². The fourth-order valence-corrected chi connectivity index (χ4v) is 5.13. The van der Waals surface area contributed by atoms with Gasteiger partial charge in [0.15, 0.2) is 0 Å². The van der Waals surface area contributed by atoms with Crippen molar-refractivity contribution in [1.29, 1.82) is 0 Å². The highest BCUT2D eigenvalue weighted by atomic mass is 79.9. The van der Waals surface area contributed by atoms with Gasteiger partial charge < -0.3 is 0 Å². The van der Waals surface area contributed by atoms with Gasteiger partial charge in [-0.15, -0.1) is 0 Å². The Morgan fingerprint density at radius 1 is 0.926 bits per heavy atom. The first kappa shape index (κ1) is 17.1. The van der Waals surface area contributed by atoms with E-state index in [1.54, 1.807) is 0 Å². The summed E-state index contributed by atoms with van der Waals surface area (Å²) in [6.45, 7) is 3.78. The molecule has 2 amide bonds. The normalized spacial score (nSPS) is 28.1. The number of carbonyl (C=O) groups is 2. The topological polar surface area (TPSA) is 43.9 Å². The van der Waals surface area contributed by atoms with E-state index in [-0.39, 0.29) is 23.8 Å². The van der Waals surface area contributed by atoms with Crippen molar-refractivity contribution in [2.75, 3.05) is 18.0 Å². The largest absolute Gasteiger partial charge is 0.274 e. The molecule has 138 valence electrons. The van der Waals surface area contributed by atoms with Gasteiger partial charge in [-0.25, -0.2) is 14.9 Å². The van der Waals surface area contributed by atoms with Crippen LogP contribution in [0.3, 0.4) is 0 Å². The zero-order chi connectivity index (χ0) is 18.7. The van der Waals surface area contributed by atoms with Crippen molar-refractivity contribution in [3.63, 3.8) is 0 Å². The molecule has 3 heterocycles. The predicted molar refractivity (Wildman–Crippen MR) is 106 cm³/mol. The van der Waals surface area contributed by atoms with Crippen LogP contribution in [0.15, 0.2) is 53.0 Å². The molecule has 0 unspecified atom stereocenters. The lowest BCUT2D eigenvalue weighted by Gasteiger charge is -2.29. The summed E-state index contributed by atoms with van der Waals surface area (Å²) < 4.78 is 0.857. The third kappa shape index (κ3) is 2.51. The summed E-state index contributed by atoms with van der Waals surface area (Å²) in [5, 5.41) is 4.38. The first-order valence-electron chi connectivity index (χ1n) is 9.29. The fourth-order valence-electron chi connectivity index (χ4n) is 4.75. The monoisotopic (exact) mass is 425 g/mol. The second-order valence-corrected chi connectivity index (χ2v) is 8.41. The molecule has 0 N–H and O–H groups in total. The summed E-state index contributed by atoms with van der Waals surface area (Å²) in [5.41, 5.74) is 2.94. The van der Waals surface area contributed by atoms with Crippen molar-refractivity contribution < 1.29 is 9.59 Å². The zero-order valence-corrected chi connectivity index (χ0v) is 16.6. The number of rotatable bonds is 2. The molecule has 3 atom stereocenters. The molecule has 6 heteroatoms. The van der Waals surface area contributed by atoms with Crippen LogP contribution >= 0.6 is 15.9 Å². The van der Waals surface area contributed by atoms with Crippen LogP contribution < -0.4 is 4.90 Å². The van der Waals surface area contributed by atoms with Gasteiger partial charge in [-0.05, 0) is 37.1 Å². The Balaban J connectivity index is 1.59. The maximum atomic E-state index is 13.4. The van der Waals surface area contributed by atoms with E-state index in [0.29, 0.717) is 5.69 Å². The average Bonchev–Trinajstić information content (AvgIpc) is 3.28. The highest BCUT2D eigenvalue weighted by Crippen LogP contribution is 2.49. The maximum Gasteiger partial charge on any atom is 0.253 e. The number of fused-ring (bicyclic) bond motifs is 3. The summed E-state index contributed by atoms with van der Waals surface area (Å²) in [7, 11) is 0. The fraction of sp³-hybridized carbons (Fsp3) is 0.333. The lowest BCUT2D eigenvalue weighted by molar-refractivity contribution is -0.126. The van der Waals surface area contributed by atoms with Crippen LogP contribution in [0.4, 0.5) is 5.69 Å². The van der Waals surface area contributed by atoms with Crippen molar-refractivity contribution in [2.45, 2.75) is 25.4 Å². The predicted octanol–water partition coefficient (Wildman–Crippen LogP) is 3.29. The van der Waals surface area contributed by atoms with Crippen LogP contribution in [-0.4, -0.2) is 41.0 Å². The molecule has 0 bridgehead atoms. The Morgan fingerprint density at radius 2 is 1.63 bits per heavy atom. The molecule has 0 aromatic heterocycles. The number of hydrogen-bond donors (Lipinski definition) is 0. The first-order chi connectivity index (χ1) is 13.1. The number of hydrazine groups is 1. The molecule has 5 rings (SSSR count). The van der Waals surface area contributed by atoms with Gasteiger partial charge >= 0.3 is 0 Å². The van der Waals surface area contributed by atoms with E-state index in [1.807, 2.05) is 24.3 Å². The summed E-state index contributed by atoms with van der Waals surface area (Å²) >= 11 is 3.44. The number of benzene rings is 2. The number of nitrogens with zero attached hydrogens (tertiary/aromatic N) is 3. The van der Waals surface area contributed by atoms with Crippen molar-refractivity contribution >= 4 is 33.4 Å². The molecule has 0 aliphatic carbocycles. The van der Waals surface area contributed by atoms with E-state index < -0.39 is 6.04 Å². The molecule has 0 radical (unpaired) electrons. The summed E-state index contributed by atoms with van der Waals surface area (Å²) in [4.78, 5) is 28.1. The smallest absolute Gasteiger partial charge is 0.253 e. The molecule has 3 fully saturated rings.